The molecule has 0 spiro atoms. The van der Waals surface area contributed by atoms with Gasteiger partial charge in [0.2, 0.25) is 0 Å². The Bertz CT molecular complexity index is 602. The summed E-state index contributed by atoms with van der Waals surface area (Å²) in [6.45, 7) is 3.60. The molecule has 1 heterocycles. The first-order valence-electron chi connectivity index (χ1n) is 5.30. The van der Waals surface area contributed by atoms with Crippen LogP contribution in [0.25, 0.3) is 0 Å². The van der Waals surface area contributed by atoms with Crippen molar-refractivity contribution in [3.05, 3.63) is 34.3 Å². The highest BCUT2D eigenvalue weighted by Crippen LogP contribution is 2.35. The minimum absolute atomic E-state index is 0.572. The lowest BCUT2D eigenvalue weighted by molar-refractivity contribution is 0.196. The Morgan fingerprint density at radius 1 is 1.44 bits per heavy atom. The summed E-state index contributed by atoms with van der Waals surface area (Å²) in [6.07, 6.45) is -0.575. The normalized spacial score (nSPS) is 12.1. The molecule has 2 rings (SSSR count). The van der Waals surface area contributed by atoms with Gasteiger partial charge in [-0.3, -0.25) is 0 Å². The Balaban J connectivity index is 2.38. The SMILES string of the molecule is Cc1nnc(Sc2cc(C#N)ccc2[C@H](C)O)s1. The maximum Gasteiger partial charge on any atom is 0.179 e. The number of nitrogens with zero attached hydrogens (tertiary/aromatic N) is 3. The predicted octanol–water partition coefficient (Wildman–Crippen LogP) is 2.92. The zero-order chi connectivity index (χ0) is 13.1. The molecule has 0 saturated carbocycles. The number of benzene rings is 1. The van der Waals surface area contributed by atoms with Gasteiger partial charge in [0, 0.05) is 4.90 Å². The molecule has 1 atom stereocenters. The van der Waals surface area contributed by atoms with E-state index in [-0.39, 0.29) is 0 Å². The van der Waals surface area contributed by atoms with E-state index in [0.717, 1.165) is 19.8 Å². The summed E-state index contributed by atoms with van der Waals surface area (Å²) in [4.78, 5) is 0.847. The van der Waals surface area contributed by atoms with Crippen LogP contribution in [0.1, 0.15) is 29.2 Å². The number of hydrogen-bond acceptors (Lipinski definition) is 6. The first-order valence-corrected chi connectivity index (χ1v) is 6.93. The molecule has 0 saturated heterocycles. The third-order valence-electron chi connectivity index (χ3n) is 2.30. The molecule has 0 amide bonds. The Hall–Kier alpha value is -1.42. The molecule has 0 aliphatic heterocycles. The lowest BCUT2D eigenvalue weighted by Crippen LogP contribution is -1.94. The van der Waals surface area contributed by atoms with Crippen LogP contribution in [0.15, 0.2) is 27.4 Å². The number of aliphatic hydroxyl groups excluding tert-OH is 1. The van der Waals surface area contributed by atoms with Gasteiger partial charge in [0.25, 0.3) is 0 Å². The highest BCUT2D eigenvalue weighted by atomic mass is 32.2. The van der Waals surface area contributed by atoms with Crippen LogP contribution in [0.2, 0.25) is 0 Å². The number of nitriles is 1. The van der Waals surface area contributed by atoms with E-state index in [9.17, 15) is 5.11 Å². The van der Waals surface area contributed by atoms with Gasteiger partial charge in [-0.2, -0.15) is 5.26 Å². The number of hydrogen-bond donors (Lipinski definition) is 1. The van der Waals surface area contributed by atoms with E-state index in [4.69, 9.17) is 5.26 Å². The van der Waals surface area contributed by atoms with Gasteiger partial charge in [-0.1, -0.05) is 29.2 Å². The van der Waals surface area contributed by atoms with Crippen molar-refractivity contribution in [3.63, 3.8) is 0 Å². The molecular weight excluding hydrogens is 266 g/mol. The minimum Gasteiger partial charge on any atom is -0.389 e. The lowest BCUT2D eigenvalue weighted by Gasteiger charge is -2.10. The van der Waals surface area contributed by atoms with Gasteiger partial charge in [-0.25, -0.2) is 0 Å². The molecule has 1 aromatic carbocycles. The topological polar surface area (TPSA) is 69.8 Å². The fourth-order valence-electron chi connectivity index (χ4n) is 1.45. The van der Waals surface area contributed by atoms with E-state index in [2.05, 4.69) is 16.3 Å². The molecule has 1 aromatic heterocycles. The Labute approximate surface area is 113 Å². The third kappa shape index (κ3) is 2.88. The van der Waals surface area contributed by atoms with E-state index in [1.807, 2.05) is 6.92 Å². The van der Waals surface area contributed by atoms with Gasteiger partial charge in [0.1, 0.15) is 5.01 Å². The number of aliphatic hydroxyl groups is 1. The van der Waals surface area contributed by atoms with Crippen LogP contribution in [0, 0.1) is 18.3 Å². The van der Waals surface area contributed by atoms with Crippen LogP contribution in [-0.4, -0.2) is 15.3 Å². The van der Waals surface area contributed by atoms with Crippen molar-refractivity contribution in [3.8, 4) is 6.07 Å². The molecule has 0 fully saturated rings. The van der Waals surface area contributed by atoms with Crippen molar-refractivity contribution in [2.45, 2.75) is 29.2 Å². The molecule has 0 aliphatic carbocycles. The largest absolute Gasteiger partial charge is 0.389 e. The first kappa shape index (κ1) is 13.0. The highest BCUT2D eigenvalue weighted by Gasteiger charge is 2.12. The Morgan fingerprint density at radius 3 is 2.78 bits per heavy atom. The number of aromatic nitrogens is 2. The zero-order valence-electron chi connectivity index (χ0n) is 9.91. The van der Waals surface area contributed by atoms with E-state index in [0.29, 0.717) is 5.56 Å². The fourth-order valence-corrected chi connectivity index (χ4v) is 3.48. The summed E-state index contributed by atoms with van der Waals surface area (Å²) in [5.74, 6) is 0. The smallest absolute Gasteiger partial charge is 0.179 e. The van der Waals surface area contributed by atoms with Crippen molar-refractivity contribution in [2.75, 3.05) is 0 Å². The van der Waals surface area contributed by atoms with E-state index < -0.39 is 6.10 Å². The monoisotopic (exact) mass is 277 g/mol. The van der Waals surface area contributed by atoms with Crippen molar-refractivity contribution in [1.82, 2.24) is 10.2 Å². The predicted molar refractivity (Wildman–Crippen MR) is 70.6 cm³/mol. The van der Waals surface area contributed by atoms with Gasteiger partial charge in [-0.05, 0) is 31.5 Å². The van der Waals surface area contributed by atoms with Crippen molar-refractivity contribution < 1.29 is 5.11 Å². The summed E-state index contributed by atoms with van der Waals surface area (Å²) in [6, 6.07) is 7.35. The molecule has 0 aliphatic rings. The van der Waals surface area contributed by atoms with Gasteiger partial charge < -0.3 is 5.11 Å². The van der Waals surface area contributed by atoms with Crippen molar-refractivity contribution in [1.29, 1.82) is 5.26 Å². The lowest BCUT2D eigenvalue weighted by atomic mass is 10.1. The van der Waals surface area contributed by atoms with Crippen LogP contribution in [0.4, 0.5) is 0 Å². The molecule has 18 heavy (non-hydrogen) atoms. The highest BCUT2D eigenvalue weighted by molar-refractivity contribution is 8.01. The number of rotatable bonds is 3. The molecule has 6 heteroatoms. The molecular formula is C12H11N3OS2. The second-order valence-electron chi connectivity index (χ2n) is 3.73. The molecule has 1 N–H and O–H groups in total. The van der Waals surface area contributed by atoms with Gasteiger partial charge in [0.05, 0.1) is 17.7 Å². The van der Waals surface area contributed by atoms with E-state index >= 15 is 0 Å². The fraction of sp³-hybridized carbons (Fsp3) is 0.250. The van der Waals surface area contributed by atoms with Gasteiger partial charge in [-0.15, -0.1) is 10.2 Å². The second-order valence-corrected chi connectivity index (χ2v) is 6.20. The van der Waals surface area contributed by atoms with Crippen molar-refractivity contribution >= 4 is 23.1 Å². The summed E-state index contributed by atoms with van der Waals surface area (Å²) in [7, 11) is 0. The molecule has 2 aromatic rings. The molecule has 0 radical (unpaired) electrons. The summed E-state index contributed by atoms with van der Waals surface area (Å²) >= 11 is 2.92. The Kier molecular flexibility index (Phi) is 3.97. The van der Waals surface area contributed by atoms with E-state index in [1.165, 1.54) is 23.1 Å². The van der Waals surface area contributed by atoms with Crippen LogP contribution in [0.5, 0.6) is 0 Å². The third-order valence-corrected chi connectivity index (χ3v) is 4.26. The molecule has 4 nitrogen and oxygen atoms in total. The van der Waals surface area contributed by atoms with E-state index in [1.54, 1.807) is 25.1 Å². The maximum absolute atomic E-state index is 9.72. The first-order chi connectivity index (χ1) is 8.60. The van der Waals surface area contributed by atoms with Crippen LogP contribution < -0.4 is 0 Å². The quantitative estimate of drug-likeness (QED) is 0.934. The van der Waals surface area contributed by atoms with Crippen LogP contribution in [0.3, 0.4) is 0 Å². The average molecular weight is 277 g/mol. The minimum atomic E-state index is -0.575. The number of aryl methyl sites for hydroxylation is 1. The molecule has 0 bridgehead atoms. The van der Waals surface area contributed by atoms with Crippen molar-refractivity contribution in [2.24, 2.45) is 0 Å². The summed E-state index contributed by atoms with van der Waals surface area (Å²) < 4.78 is 0.810. The van der Waals surface area contributed by atoms with Gasteiger partial charge in [0.15, 0.2) is 4.34 Å². The zero-order valence-corrected chi connectivity index (χ0v) is 11.5. The summed E-state index contributed by atoms with van der Waals surface area (Å²) in [5.41, 5.74) is 1.37. The standard InChI is InChI=1S/C12H11N3OS2/c1-7(16)10-4-3-9(6-13)5-11(10)18-12-15-14-8(2)17-12/h3-5,7,16H,1-2H3/t7-/m0/s1. The molecule has 92 valence electrons. The van der Waals surface area contributed by atoms with Crippen LogP contribution in [-0.2, 0) is 0 Å². The molecule has 0 unspecified atom stereocenters. The maximum atomic E-state index is 9.72. The van der Waals surface area contributed by atoms with Gasteiger partial charge >= 0.3 is 0 Å². The average Bonchev–Trinajstić information content (AvgIpc) is 2.74. The second kappa shape index (κ2) is 5.48. The van der Waals surface area contributed by atoms with Crippen LogP contribution >= 0.6 is 23.1 Å². The summed E-state index contributed by atoms with van der Waals surface area (Å²) in [5, 5.41) is 27.5. The Morgan fingerprint density at radius 2 is 2.22 bits per heavy atom.